The van der Waals surface area contributed by atoms with Crippen molar-refractivity contribution in [3.8, 4) is 22.9 Å². The number of hydrogen-bond donors (Lipinski definition) is 1. The van der Waals surface area contributed by atoms with Crippen molar-refractivity contribution < 1.29 is 14.7 Å². The highest BCUT2D eigenvalue weighted by Crippen LogP contribution is 2.35. The normalized spacial score (nSPS) is 16.7. The van der Waals surface area contributed by atoms with E-state index in [1.165, 1.54) is 21.9 Å². The van der Waals surface area contributed by atoms with Crippen LogP contribution in [0.15, 0.2) is 36.4 Å². The molecule has 6 nitrogen and oxygen atoms in total. The summed E-state index contributed by atoms with van der Waals surface area (Å²) in [6, 6.07) is 11.1. The van der Waals surface area contributed by atoms with Crippen LogP contribution in [0.2, 0.25) is 10.0 Å². The number of benzene rings is 2. The van der Waals surface area contributed by atoms with E-state index in [0.29, 0.717) is 22.0 Å². The number of halogens is 2. The van der Waals surface area contributed by atoms with E-state index >= 15 is 0 Å². The Kier molecular flexibility index (Phi) is 5.54. The van der Waals surface area contributed by atoms with Gasteiger partial charge in [-0.05, 0) is 29.8 Å². The van der Waals surface area contributed by atoms with Gasteiger partial charge in [-0.2, -0.15) is 5.26 Å². The molecule has 0 radical (unpaired) electrons. The molecule has 1 heterocycles. The smallest absolute Gasteiger partial charge is 0.257 e. The summed E-state index contributed by atoms with van der Waals surface area (Å²) >= 11 is 12.2. The number of amides is 2. The summed E-state index contributed by atoms with van der Waals surface area (Å²) in [5.41, 5.74) is 1.41. The number of carbonyl (C=O) groups excluding carboxylic acids is 2. The van der Waals surface area contributed by atoms with E-state index in [1.807, 2.05) is 6.07 Å². The Morgan fingerprint density at radius 2 is 1.93 bits per heavy atom. The first kappa shape index (κ1) is 19.0. The number of piperazine rings is 1. The van der Waals surface area contributed by atoms with Crippen molar-refractivity contribution in [3.63, 3.8) is 0 Å². The second kappa shape index (κ2) is 7.87. The predicted octanol–water partition coefficient (Wildman–Crippen LogP) is 3.17. The van der Waals surface area contributed by atoms with Gasteiger partial charge in [-0.25, -0.2) is 0 Å². The molecule has 138 valence electrons. The zero-order valence-electron chi connectivity index (χ0n) is 14.1. The van der Waals surface area contributed by atoms with Gasteiger partial charge in [-0.1, -0.05) is 35.3 Å². The van der Waals surface area contributed by atoms with Crippen molar-refractivity contribution >= 4 is 35.5 Å². The molecule has 1 atom stereocenters. The molecule has 0 saturated carbocycles. The Hall–Kier alpha value is -2.75. The first-order chi connectivity index (χ1) is 12.9. The fourth-order valence-electron chi connectivity index (χ4n) is 2.98. The molecule has 1 saturated heterocycles. The van der Waals surface area contributed by atoms with E-state index < -0.39 is 11.9 Å². The Morgan fingerprint density at radius 1 is 1.22 bits per heavy atom. The summed E-state index contributed by atoms with van der Waals surface area (Å²) in [7, 11) is 0. The lowest BCUT2D eigenvalue weighted by Gasteiger charge is -2.36. The third-order valence-electron chi connectivity index (χ3n) is 4.46. The van der Waals surface area contributed by atoms with E-state index in [2.05, 4.69) is 0 Å². The maximum absolute atomic E-state index is 12.9. The second-order valence-corrected chi connectivity index (χ2v) is 6.94. The van der Waals surface area contributed by atoms with E-state index in [4.69, 9.17) is 23.2 Å². The summed E-state index contributed by atoms with van der Waals surface area (Å²) in [4.78, 5) is 26.7. The summed E-state index contributed by atoms with van der Waals surface area (Å²) in [6.07, 6.45) is 0.605. The molecular formula is C19H15Cl2N3O3. The molecule has 27 heavy (non-hydrogen) atoms. The fraction of sp³-hybridized carbons (Fsp3) is 0.211. The van der Waals surface area contributed by atoms with E-state index in [0.717, 1.165) is 5.56 Å². The summed E-state index contributed by atoms with van der Waals surface area (Å²) in [6.45, 7) is 0.604. The molecule has 1 aliphatic heterocycles. The van der Waals surface area contributed by atoms with Gasteiger partial charge in [0.15, 0.2) is 0 Å². The molecule has 0 aliphatic carbocycles. The minimum atomic E-state index is -0.717. The highest BCUT2D eigenvalue weighted by Gasteiger charge is 2.30. The van der Waals surface area contributed by atoms with Crippen molar-refractivity contribution in [3.05, 3.63) is 52.0 Å². The molecule has 2 amide bonds. The number of phenolic OH excluding ortho intramolecular Hbond substituents is 1. The first-order valence-electron chi connectivity index (χ1n) is 8.13. The number of nitriles is 1. The van der Waals surface area contributed by atoms with Crippen LogP contribution in [-0.4, -0.2) is 52.9 Å². The van der Waals surface area contributed by atoms with Crippen LogP contribution in [0.1, 0.15) is 10.4 Å². The van der Waals surface area contributed by atoms with Gasteiger partial charge < -0.3 is 14.9 Å². The minimum Gasteiger partial charge on any atom is -0.507 e. The van der Waals surface area contributed by atoms with Crippen molar-refractivity contribution in [2.45, 2.75) is 6.04 Å². The number of hydrogen-bond acceptors (Lipinski definition) is 4. The Bertz CT molecular complexity index is 925. The predicted molar refractivity (Wildman–Crippen MR) is 102 cm³/mol. The summed E-state index contributed by atoms with van der Waals surface area (Å²) in [5, 5.41) is 20.3. The van der Waals surface area contributed by atoms with Crippen molar-refractivity contribution in [1.82, 2.24) is 9.80 Å². The van der Waals surface area contributed by atoms with Crippen LogP contribution in [0, 0.1) is 11.3 Å². The van der Waals surface area contributed by atoms with Gasteiger partial charge in [0.2, 0.25) is 6.41 Å². The Balaban J connectivity index is 1.93. The van der Waals surface area contributed by atoms with E-state index in [9.17, 15) is 20.0 Å². The first-order valence-corrected chi connectivity index (χ1v) is 8.88. The number of nitrogens with zero attached hydrogens (tertiary/aromatic N) is 3. The van der Waals surface area contributed by atoms with Gasteiger partial charge in [0.1, 0.15) is 11.8 Å². The average molecular weight is 404 g/mol. The van der Waals surface area contributed by atoms with Crippen molar-refractivity contribution in [1.29, 1.82) is 5.26 Å². The van der Waals surface area contributed by atoms with Gasteiger partial charge >= 0.3 is 0 Å². The molecule has 1 fully saturated rings. The number of rotatable bonds is 3. The fourth-order valence-corrected chi connectivity index (χ4v) is 3.37. The molecule has 0 bridgehead atoms. The minimum absolute atomic E-state index is 0.0758. The Labute approximate surface area is 166 Å². The summed E-state index contributed by atoms with van der Waals surface area (Å²) < 4.78 is 0. The van der Waals surface area contributed by atoms with Gasteiger partial charge in [0.25, 0.3) is 5.91 Å². The molecule has 1 unspecified atom stereocenters. The van der Waals surface area contributed by atoms with Crippen molar-refractivity contribution in [2.75, 3.05) is 19.6 Å². The topological polar surface area (TPSA) is 84.6 Å². The largest absolute Gasteiger partial charge is 0.507 e. The highest BCUT2D eigenvalue weighted by molar-refractivity contribution is 6.34. The van der Waals surface area contributed by atoms with Gasteiger partial charge in [0.05, 0.1) is 23.2 Å². The highest BCUT2D eigenvalue weighted by atomic mass is 35.5. The molecule has 2 aromatic carbocycles. The van der Waals surface area contributed by atoms with Crippen LogP contribution in [0.25, 0.3) is 11.1 Å². The zero-order valence-corrected chi connectivity index (χ0v) is 15.6. The molecule has 2 aromatic rings. The summed E-state index contributed by atoms with van der Waals surface area (Å²) in [5.74, 6) is -0.667. The maximum Gasteiger partial charge on any atom is 0.257 e. The van der Waals surface area contributed by atoms with Gasteiger partial charge in [0, 0.05) is 23.7 Å². The quantitative estimate of drug-likeness (QED) is 0.797. The van der Waals surface area contributed by atoms with E-state index in [-0.39, 0.29) is 30.9 Å². The zero-order chi connectivity index (χ0) is 19.6. The van der Waals surface area contributed by atoms with Crippen LogP contribution in [0.5, 0.6) is 5.75 Å². The number of aromatic hydroxyl groups is 1. The van der Waals surface area contributed by atoms with Crippen LogP contribution in [0.4, 0.5) is 0 Å². The van der Waals surface area contributed by atoms with Crippen LogP contribution >= 0.6 is 23.2 Å². The molecule has 3 rings (SSSR count). The lowest BCUT2D eigenvalue weighted by molar-refractivity contribution is -0.120. The SMILES string of the molecule is N#CC1CN(C(=O)c2cc(-c3ccc(Cl)cc3)c(Cl)cc2O)CCN1C=O. The molecule has 8 heteroatoms. The molecule has 0 aromatic heterocycles. The molecule has 0 spiro atoms. The third-order valence-corrected chi connectivity index (χ3v) is 5.03. The number of carbonyl (C=O) groups is 2. The van der Waals surface area contributed by atoms with Gasteiger partial charge in [-0.3, -0.25) is 9.59 Å². The van der Waals surface area contributed by atoms with Crippen LogP contribution in [-0.2, 0) is 4.79 Å². The lowest BCUT2D eigenvalue weighted by Crippen LogP contribution is -2.53. The molecule has 1 aliphatic rings. The average Bonchev–Trinajstić information content (AvgIpc) is 2.68. The Morgan fingerprint density at radius 3 is 2.56 bits per heavy atom. The van der Waals surface area contributed by atoms with Crippen LogP contribution in [0.3, 0.4) is 0 Å². The third kappa shape index (κ3) is 3.85. The second-order valence-electron chi connectivity index (χ2n) is 6.10. The molecular weight excluding hydrogens is 389 g/mol. The maximum atomic E-state index is 12.9. The number of phenols is 1. The van der Waals surface area contributed by atoms with Gasteiger partial charge in [-0.15, -0.1) is 0 Å². The monoisotopic (exact) mass is 403 g/mol. The molecule has 1 N–H and O–H groups in total. The van der Waals surface area contributed by atoms with Crippen molar-refractivity contribution in [2.24, 2.45) is 0 Å². The lowest BCUT2D eigenvalue weighted by atomic mass is 10.0. The van der Waals surface area contributed by atoms with E-state index in [1.54, 1.807) is 24.3 Å². The standard InChI is InChI=1S/C19H15Cl2N3O3/c20-13-3-1-12(2-4-13)15-7-16(18(26)8-17(15)21)19(27)23-5-6-24(11-25)14(9-22)10-23/h1-4,7-8,11,14,26H,5-6,10H2. The van der Waals surface area contributed by atoms with Crippen LogP contribution < -0.4 is 0 Å².